The lowest BCUT2D eigenvalue weighted by molar-refractivity contribution is 0.101. The number of nitrogens with one attached hydrogen (secondary N) is 2. The van der Waals surface area contributed by atoms with Crippen molar-refractivity contribution in [3.63, 3.8) is 0 Å². The van der Waals surface area contributed by atoms with Crippen LogP contribution in [0, 0.1) is 0 Å². The predicted molar refractivity (Wildman–Crippen MR) is 167 cm³/mol. The number of carbonyl (C=O) groups is 2. The topological polar surface area (TPSA) is 153 Å². The Bertz CT molecular complexity index is 1210. The minimum absolute atomic E-state index is 0. The summed E-state index contributed by atoms with van der Waals surface area (Å²) in [4.78, 5) is 34.0. The Labute approximate surface area is 246 Å². The maximum Gasteiger partial charge on any atom is 0.255 e. The third kappa shape index (κ3) is 10.7. The second-order valence-corrected chi connectivity index (χ2v) is 8.87. The maximum atomic E-state index is 12.7. The number of nitrogens with two attached hydrogens (primary N) is 2. The molecular formula is C30H37ClN6O4. The van der Waals surface area contributed by atoms with Crippen LogP contribution in [0.4, 0.5) is 11.4 Å². The number of amides is 2. The van der Waals surface area contributed by atoms with Crippen LogP contribution in [-0.2, 0) is 9.47 Å². The van der Waals surface area contributed by atoms with Gasteiger partial charge in [-0.25, -0.2) is 0 Å². The van der Waals surface area contributed by atoms with Crippen LogP contribution in [0.15, 0.2) is 82.8 Å². The molecule has 0 aliphatic rings. The Balaban J connectivity index is 0.00000588. The van der Waals surface area contributed by atoms with Crippen molar-refractivity contribution >= 4 is 47.3 Å². The summed E-state index contributed by atoms with van der Waals surface area (Å²) in [7, 11) is 3.29. The first kappa shape index (κ1) is 33.0. The normalized spacial score (nSPS) is 11.5. The average Bonchev–Trinajstić information content (AvgIpc) is 2.98. The number of halogens is 1. The molecule has 2 amide bonds. The van der Waals surface area contributed by atoms with E-state index in [9.17, 15) is 9.59 Å². The molecule has 3 rings (SSSR count). The Morgan fingerprint density at radius 3 is 1.24 bits per heavy atom. The smallest absolute Gasteiger partial charge is 0.255 e. The molecule has 218 valence electrons. The number of hydrogen-bond acceptors (Lipinski definition) is 6. The van der Waals surface area contributed by atoms with Gasteiger partial charge in [-0.3, -0.25) is 19.6 Å². The molecule has 0 radical (unpaired) electrons. The third-order valence-corrected chi connectivity index (χ3v) is 5.86. The SMILES string of the molecule is COCCCN=C(N)c1ccc(NC(=O)c2ccc(C(=O)Nc3ccc(C(N)=NCCCOC)cc3)cc2)cc1.Cl. The van der Waals surface area contributed by atoms with E-state index >= 15 is 0 Å². The lowest BCUT2D eigenvalue weighted by Gasteiger charge is -2.09. The minimum Gasteiger partial charge on any atom is -0.385 e. The van der Waals surface area contributed by atoms with Crippen LogP contribution in [0.3, 0.4) is 0 Å². The largest absolute Gasteiger partial charge is 0.385 e. The molecule has 3 aromatic carbocycles. The fourth-order valence-corrected chi connectivity index (χ4v) is 3.63. The monoisotopic (exact) mass is 580 g/mol. The van der Waals surface area contributed by atoms with Crippen LogP contribution in [0.2, 0.25) is 0 Å². The van der Waals surface area contributed by atoms with E-state index in [4.69, 9.17) is 20.9 Å². The zero-order valence-electron chi connectivity index (χ0n) is 23.3. The average molecular weight is 581 g/mol. The fourth-order valence-electron chi connectivity index (χ4n) is 3.63. The van der Waals surface area contributed by atoms with Gasteiger partial charge in [0.1, 0.15) is 11.7 Å². The summed E-state index contributed by atoms with van der Waals surface area (Å²) in [6.07, 6.45) is 1.58. The highest BCUT2D eigenvalue weighted by Crippen LogP contribution is 2.15. The molecule has 0 spiro atoms. The summed E-state index contributed by atoms with van der Waals surface area (Å²) in [5.74, 6) is 0.284. The van der Waals surface area contributed by atoms with Crippen molar-refractivity contribution in [1.82, 2.24) is 0 Å². The first-order chi connectivity index (χ1) is 19.4. The molecule has 0 aromatic heterocycles. The standard InChI is InChI=1S/C30H36N6O4.ClH/c1-39-19-3-17-33-27(31)21-9-13-25(14-10-21)35-29(37)23-5-7-24(8-6-23)30(38)36-26-15-11-22(12-16-26)28(32)34-18-4-20-40-2;/h5-16H,3-4,17-20H2,1-2H3,(H2,31,33)(H2,32,34)(H,35,37)(H,36,38);1H. The molecule has 41 heavy (non-hydrogen) atoms. The van der Waals surface area contributed by atoms with E-state index in [2.05, 4.69) is 20.6 Å². The van der Waals surface area contributed by atoms with E-state index in [-0.39, 0.29) is 24.2 Å². The first-order valence-corrected chi connectivity index (χ1v) is 12.9. The van der Waals surface area contributed by atoms with Crippen LogP contribution in [0.25, 0.3) is 0 Å². The molecule has 0 unspecified atom stereocenters. The van der Waals surface area contributed by atoms with Crippen molar-refractivity contribution in [2.45, 2.75) is 12.8 Å². The molecule has 0 bridgehead atoms. The van der Waals surface area contributed by atoms with Gasteiger partial charge in [0.25, 0.3) is 11.8 Å². The number of methoxy groups -OCH3 is 2. The van der Waals surface area contributed by atoms with Crippen molar-refractivity contribution in [1.29, 1.82) is 0 Å². The number of carbonyl (C=O) groups excluding carboxylic acids is 2. The van der Waals surface area contributed by atoms with Crippen molar-refractivity contribution in [3.8, 4) is 0 Å². The number of nitrogens with zero attached hydrogens (tertiary/aromatic N) is 2. The molecule has 0 aliphatic carbocycles. The molecule has 0 aliphatic heterocycles. The first-order valence-electron chi connectivity index (χ1n) is 12.9. The third-order valence-electron chi connectivity index (χ3n) is 5.86. The molecule has 11 heteroatoms. The predicted octanol–water partition coefficient (Wildman–Crippen LogP) is 4.10. The lowest BCUT2D eigenvalue weighted by Crippen LogP contribution is -2.16. The van der Waals surface area contributed by atoms with Gasteiger partial charge in [-0.2, -0.15) is 0 Å². The molecule has 3 aromatic rings. The Hall–Kier alpha value is -4.25. The van der Waals surface area contributed by atoms with Crippen molar-refractivity contribution < 1.29 is 19.1 Å². The van der Waals surface area contributed by atoms with E-state index in [1.54, 1.807) is 87.0 Å². The summed E-state index contributed by atoms with van der Waals surface area (Å²) in [5, 5.41) is 5.69. The number of hydrogen-bond donors (Lipinski definition) is 4. The van der Waals surface area contributed by atoms with Crippen molar-refractivity contribution in [2.24, 2.45) is 21.5 Å². The summed E-state index contributed by atoms with van der Waals surface area (Å²) >= 11 is 0. The molecule has 6 N–H and O–H groups in total. The van der Waals surface area contributed by atoms with E-state index in [0.717, 1.165) is 24.0 Å². The molecule has 0 saturated carbocycles. The molecule has 0 saturated heterocycles. The number of aliphatic imine (C=N–C) groups is 2. The lowest BCUT2D eigenvalue weighted by atomic mass is 10.1. The number of anilines is 2. The summed E-state index contributed by atoms with van der Waals surface area (Å²) in [5.41, 5.74) is 15.7. The van der Waals surface area contributed by atoms with Gasteiger partial charge in [-0.15, -0.1) is 12.4 Å². The number of amidine groups is 2. The highest BCUT2D eigenvalue weighted by molar-refractivity contribution is 6.07. The van der Waals surface area contributed by atoms with Gasteiger partial charge in [0.15, 0.2) is 0 Å². The van der Waals surface area contributed by atoms with Crippen LogP contribution in [0.1, 0.15) is 44.7 Å². The van der Waals surface area contributed by atoms with Crippen LogP contribution in [-0.4, -0.2) is 64.0 Å². The zero-order valence-corrected chi connectivity index (χ0v) is 24.1. The Morgan fingerprint density at radius 2 is 0.927 bits per heavy atom. The van der Waals surface area contributed by atoms with Gasteiger partial charge in [-0.1, -0.05) is 0 Å². The fraction of sp³-hybridized carbons (Fsp3) is 0.267. The summed E-state index contributed by atoms with van der Waals surface area (Å²) < 4.78 is 10.0. The molecule has 0 atom stereocenters. The van der Waals surface area contributed by atoms with E-state index in [1.807, 2.05) is 0 Å². The Kier molecular flexibility index (Phi) is 14.0. The number of ether oxygens (including phenoxy) is 2. The molecular weight excluding hydrogens is 544 g/mol. The minimum atomic E-state index is -0.294. The van der Waals surface area contributed by atoms with Crippen molar-refractivity contribution in [3.05, 3.63) is 95.1 Å². The second kappa shape index (κ2) is 17.4. The second-order valence-electron chi connectivity index (χ2n) is 8.87. The van der Waals surface area contributed by atoms with Crippen molar-refractivity contribution in [2.75, 3.05) is 51.2 Å². The zero-order chi connectivity index (χ0) is 28.7. The van der Waals surface area contributed by atoms with Gasteiger partial charge in [0.05, 0.1) is 0 Å². The highest BCUT2D eigenvalue weighted by Gasteiger charge is 2.11. The van der Waals surface area contributed by atoms with Gasteiger partial charge in [0, 0.05) is 74.2 Å². The maximum absolute atomic E-state index is 12.7. The van der Waals surface area contributed by atoms with Gasteiger partial charge < -0.3 is 31.6 Å². The van der Waals surface area contributed by atoms with Crippen LogP contribution >= 0.6 is 12.4 Å². The van der Waals surface area contributed by atoms with Gasteiger partial charge in [-0.05, 0) is 85.6 Å². The van der Waals surface area contributed by atoms with Crippen LogP contribution in [0.5, 0.6) is 0 Å². The van der Waals surface area contributed by atoms with Crippen LogP contribution < -0.4 is 22.1 Å². The van der Waals surface area contributed by atoms with Gasteiger partial charge in [0.2, 0.25) is 0 Å². The molecule has 0 heterocycles. The molecule has 0 fully saturated rings. The molecule has 10 nitrogen and oxygen atoms in total. The quantitative estimate of drug-likeness (QED) is 0.128. The summed E-state index contributed by atoms with van der Waals surface area (Å²) in [6.45, 7) is 2.42. The Morgan fingerprint density at radius 1 is 0.610 bits per heavy atom. The summed E-state index contributed by atoms with van der Waals surface area (Å²) in [6, 6.07) is 20.7. The van der Waals surface area contributed by atoms with E-state index in [0.29, 0.717) is 60.5 Å². The van der Waals surface area contributed by atoms with E-state index in [1.165, 1.54) is 0 Å². The van der Waals surface area contributed by atoms with E-state index < -0.39 is 0 Å². The van der Waals surface area contributed by atoms with Gasteiger partial charge >= 0.3 is 0 Å². The number of benzene rings is 3. The number of rotatable bonds is 14. The highest BCUT2D eigenvalue weighted by atomic mass is 35.5.